The Morgan fingerprint density at radius 2 is 1.57 bits per heavy atom. The normalized spacial score (nSPS) is 11.8. The second-order valence-corrected chi connectivity index (χ2v) is 8.43. The van der Waals surface area contributed by atoms with Crippen LogP contribution in [0.5, 0.6) is 0 Å². The van der Waals surface area contributed by atoms with E-state index in [2.05, 4.69) is 10.3 Å². The summed E-state index contributed by atoms with van der Waals surface area (Å²) in [5, 5.41) is 13.7. The van der Waals surface area contributed by atoms with Gasteiger partial charge in [0.05, 0.1) is 29.4 Å². The molecule has 0 aliphatic rings. The predicted molar refractivity (Wildman–Crippen MR) is 139 cm³/mol. The maximum atomic E-state index is 13.4. The minimum atomic E-state index is -0.390. The molecular weight excluding hydrogens is 434 g/mol. The van der Waals surface area contributed by atoms with Crippen molar-refractivity contribution in [2.24, 2.45) is 0 Å². The van der Waals surface area contributed by atoms with Gasteiger partial charge in [0.25, 0.3) is 5.91 Å². The number of fused-ring (bicyclic) bond motifs is 1. The number of nitrogens with one attached hydrogen (secondary N) is 1. The Morgan fingerprint density at radius 1 is 0.829 bits per heavy atom. The first-order chi connectivity index (χ1) is 17.2. The zero-order valence-corrected chi connectivity index (χ0v) is 19.1. The van der Waals surface area contributed by atoms with Gasteiger partial charge in [-0.15, -0.1) is 0 Å². The molecule has 2 N–H and O–H groups in total. The molecule has 2 heterocycles. The zero-order valence-electron chi connectivity index (χ0n) is 19.1. The Morgan fingerprint density at radius 3 is 2.31 bits per heavy atom. The van der Waals surface area contributed by atoms with Crippen molar-refractivity contribution in [3.8, 4) is 22.4 Å². The summed E-state index contributed by atoms with van der Waals surface area (Å²) < 4.78 is 0. The van der Waals surface area contributed by atoms with Crippen molar-refractivity contribution in [1.29, 1.82) is 0 Å². The van der Waals surface area contributed by atoms with Gasteiger partial charge in [-0.1, -0.05) is 78.9 Å². The smallest absolute Gasteiger partial charge is 0.252 e. The van der Waals surface area contributed by atoms with E-state index in [0.717, 1.165) is 38.9 Å². The lowest BCUT2D eigenvalue weighted by Gasteiger charge is -2.18. The van der Waals surface area contributed by atoms with Crippen molar-refractivity contribution in [3.63, 3.8) is 0 Å². The van der Waals surface area contributed by atoms with Crippen LogP contribution in [0.4, 0.5) is 0 Å². The Balaban J connectivity index is 1.46. The molecule has 35 heavy (non-hydrogen) atoms. The van der Waals surface area contributed by atoms with E-state index in [-0.39, 0.29) is 18.6 Å². The van der Waals surface area contributed by atoms with Gasteiger partial charge in [-0.3, -0.25) is 9.78 Å². The molecule has 0 bridgehead atoms. The molecule has 5 heteroatoms. The van der Waals surface area contributed by atoms with E-state index >= 15 is 0 Å². The van der Waals surface area contributed by atoms with Gasteiger partial charge in [0.1, 0.15) is 0 Å². The van der Waals surface area contributed by atoms with Crippen molar-refractivity contribution in [3.05, 3.63) is 121 Å². The molecule has 5 nitrogen and oxygen atoms in total. The molecule has 0 radical (unpaired) electrons. The van der Waals surface area contributed by atoms with Gasteiger partial charge in [0.15, 0.2) is 0 Å². The fourth-order valence-electron chi connectivity index (χ4n) is 4.20. The van der Waals surface area contributed by atoms with E-state index in [1.807, 2.05) is 103 Å². The van der Waals surface area contributed by atoms with E-state index in [4.69, 9.17) is 4.98 Å². The molecular formula is C30H25N3O2. The molecule has 0 unspecified atom stereocenters. The molecule has 0 aliphatic carbocycles. The van der Waals surface area contributed by atoms with Gasteiger partial charge in [0, 0.05) is 23.3 Å². The monoisotopic (exact) mass is 459 g/mol. The van der Waals surface area contributed by atoms with E-state index in [0.29, 0.717) is 12.0 Å². The molecule has 0 fully saturated rings. The largest absolute Gasteiger partial charge is 0.394 e. The highest BCUT2D eigenvalue weighted by Crippen LogP contribution is 2.27. The summed E-state index contributed by atoms with van der Waals surface area (Å²) in [7, 11) is 0. The first kappa shape index (κ1) is 22.4. The predicted octanol–water partition coefficient (Wildman–Crippen LogP) is 5.30. The van der Waals surface area contributed by atoms with Crippen LogP contribution in [0.2, 0.25) is 0 Å². The lowest BCUT2D eigenvalue weighted by Crippen LogP contribution is -2.39. The first-order valence-corrected chi connectivity index (χ1v) is 11.6. The van der Waals surface area contributed by atoms with Gasteiger partial charge in [-0.25, -0.2) is 4.98 Å². The number of hydrogen-bond acceptors (Lipinski definition) is 4. The SMILES string of the molecule is O=C(N[C@H](CO)Cc1ccccc1)c1cc(-c2ccc(-c3cccnc3)cc2)nc2ccccc12. The maximum Gasteiger partial charge on any atom is 0.252 e. The fraction of sp³-hybridized carbons (Fsp3) is 0.100. The average molecular weight is 460 g/mol. The maximum absolute atomic E-state index is 13.4. The van der Waals surface area contributed by atoms with Gasteiger partial charge in [0.2, 0.25) is 0 Å². The number of pyridine rings is 2. The van der Waals surface area contributed by atoms with Gasteiger partial charge < -0.3 is 10.4 Å². The molecule has 0 saturated carbocycles. The molecule has 0 spiro atoms. The summed E-state index contributed by atoms with van der Waals surface area (Å²) in [6, 6.07) is 30.9. The molecule has 172 valence electrons. The van der Waals surface area contributed by atoms with Crippen LogP contribution < -0.4 is 5.32 Å². The highest BCUT2D eigenvalue weighted by atomic mass is 16.3. The molecule has 5 rings (SSSR count). The van der Waals surface area contributed by atoms with Crippen molar-refractivity contribution < 1.29 is 9.90 Å². The minimum Gasteiger partial charge on any atom is -0.394 e. The van der Waals surface area contributed by atoms with Gasteiger partial charge in [-0.2, -0.15) is 0 Å². The van der Waals surface area contributed by atoms with Crippen LogP contribution in [-0.2, 0) is 6.42 Å². The number of carbonyl (C=O) groups excluding carboxylic acids is 1. The average Bonchev–Trinajstić information content (AvgIpc) is 2.93. The summed E-state index contributed by atoms with van der Waals surface area (Å²) in [6.07, 6.45) is 4.14. The third-order valence-corrected chi connectivity index (χ3v) is 6.02. The Hall–Kier alpha value is -4.35. The lowest BCUT2D eigenvalue weighted by atomic mass is 10.0. The van der Waals surface area contributed by atoms with Crippen LogP contribution in [0.1, 0.15) is 15.9 Å². The van der Waals surface area contributed by atoms with Crippen molar-refractivity contribution in [1.82, 2.24) is 15.3 Å². The number of carbonyl (C=O) groups is 1. The Labute approximate surface area is 204 Å². The number of aromatic nitrogens is 2. The van der Waals surface area contributed by atoms with Crippen molar-refractivity contribution in [2.75, 3.05) is 6.61 Å². The van der Waals surface area contributed by atoms with Crippen LogP contribution in [0, 0.1) is 0 Å². The summed E-state index contributed by atoms with van der Waals surface area (Å²) in [4.78, 5) is 22.4. The number of para-hydroxylation sites is 1. The van der Waals surface area contributed by atoms with E-state index in [1.165, 1.54) is 0 Å². The second kappa shape index (κ2) is 10.3. The van der Waals surface area contributed by atoms with Crippen LogP contribution >= 0.6 is 0 Å². The zero-order chi connectivity index (χ0) is 24.0. The highest BCUT2D eigenvalue weighted by molar-refractivity contribution is 6.07. The van der Waals surface area contributed by atoms with E-state index in [1.54, 1.807) is 6.20 Å². The highest BCUT2D eigenvalue weighted by Gasteiger charge is 2.18. The van der Waals surface area contributed by atoms with Crippen LogP contribution in [0.15, 0.2) is 109 Å². The molecule has 0 saturated heterocycles. The van der Waals surface area contributed by atoms with Crippen molar-refractivity contribution in [2.45, 2.75) is 12.5 Å². The molecule has 0 aliphatic heterocycles. The fourth-order valence-corrected chi connectivity index (χ4v) is 4.20. The van der Waals surface area contributed by atoms with Gasteiger partial charge >= 0.3 is 0 Å². The number of nitrogens with zero attached hydrogens (tertiary/aromatic N) is 2. The minimum absolute atomic E-state index is 0.147. The Bertz CT molecular complexity index is 1440. The number of rotatable bonds is 7. The van der Waals surface area contributed by atoms with E-state index < -0.39 is 0 Å². The molecule has 3 aromatic carbocycles. The third-order valence-electron chi connectivity index (χ3n) is 6.02. The Kier molecular flexibility index (Phi) is 6.59. The quantitative estimate of drug-likeness (QED) is 0.346. The van der Waals surface area contributed by atoms with Crippen molar-refractivity contribution >= 4 is 16.8 Å². The third kappa shape index (κ3) is 5.10. The summed E-state index contributed by atoms with van der Waals surface area (Å²) in [5.41, 5.74) is 6.08. The number of amides is 1. The molecule has 5 aromatic rings. The standard InChI is InChI=1S/C30H25N3O2/c34-20-25(17-21-7-2-1-3-8-21)32-30(35)27-18-29(33-28-11-5-4-10-26(27)28)23-14-12-22(13-15-23)24-9-6-16-31-19-24/h1-16,18-19,25,34H,17,20H2,(H,32,35)/t25-/m0/s1. The second-order valence-electron chi connectivity index (χ2n) is 8.43. The van der Waals surface area contributed by atoms with E-state index in [9.17, 15) is 9.90 Å². The number of aliphatic hydroxyl groups excluding tert-OH is 1. The summed E-state index contributed by atoms with van der Waals surface area (Å²) in [5.74, 6) is -0.230. The lowest BCUT2D eigenvalue weighted by molar-refractivity contribution is 0.0918. The van der Waals surface area contributed by atoms with Crippen LogP contribution in [0.3, 0.4) is 0 Å². The topological polar surface area (TPSA) is 75.1 Å². The van der Waals surface area contributed by atoms with Crippen LogP contribution in [0.25, 0.3) is 33.3 Å². The summed E-state index contributed by atoms with van der Waals surface area (Å²) >= 11 is 0. The van der Waals surface area contributed by atoms with Crippen LogP contribution in [-0.4, -0.2) is 33.6 Å². The molecule has 2 aromatic heterocycles. The number of aliphatic hydroxyl groups is 1. The van der Waals surface area contributed by atoms with Gasteiger partial charge in [-0.05, 0) is 41.3 Å². The number of hydrogen-bond donors (Lipinski definition) is 2. The molecule has 1 amide bonds. The molecule has 1 atom stereocenters. The summed E-state index contributed by atoms with van der Waals surface area (Å²) in [6.45, 7) is -0.147. The number of benzene rings is 3. The first-order valence-electron chi connectivity index (χ1n) is 11.6.